The van der Waals surface area contributed by atoms with E-state index >= 15 is 0 Å². The summed E-state index contributed by atoms with van der Waals surface area (Å²) in [5.74, 6) is 0.615. The van der Waals surface area contributed by atoms with Gasteiger partial charge in [-0.1, -0.05) is 0 Å². The summed E-state index contributed by atoms with van der Waals surface area (Å²) in [7, 11) is 0. The molecule has 3 rings (SSSR count). The van der Waals surface area contributed by atoms with Crippen LogP contribution in [0.25, 0.3) is 11.0 Å². The zero-order valence-electron chi connectivity index (χ0n) is 8.28. The van der Waals surface area contributed by atoms with Gasteiger partial charge in [0.25, 0.3) is 0 Å². The van der Waals surface area contributed by atoms with Crippen LogP contribution in [-0.4, -0.2) is 9.55 Å². The average molecular weight is 205 g/mol. The van der Waals surface area contributed by atoms with E-state index in [0.29, 0.717) is 18.1 Å². The Morgan fingerprint density at radius 1 is 1.47 bits per heavy atom. The Morgan fingerprint density at radius 3 is 2.93 bits per heavy atom. The highest BCUT2D eigenvalue weighted by Crippen LogP contribution is 2.38. The number of imidazole rings is 1. The van der Waals surface area contributed by atoms with Crippen molar-refractivity contribution < 1.29 is 4.39 Å². The summed E-state index contributed by atoms with van der Waals surface area (Å²) >= 11 is 0. The van der Waals surface area contributed by atoms with E-state index in [1.165, 1.54) is 25.0 Å². The third kappa shape index (κ3) is 1.33. The summed E-state index contributed by atoms with van der Waals surface area (Å²) in [5.41, 5.74) is 7.35. The highest BCUT2D eigenvalue weighted by atomic mass is 19.1. The van der Waals surface area contributed by atoms with Gasteiger partial charge in [0.05, 0.1) is 17.6 Å². The van der Waals surface area contributed by atoms with Gasteiger partial charge in [0, 0.05) is 12.1 Å². The fourth-order valence-corrected chi connectivity index (χ4v) is 2.01. The number of hydrogen-bond acceptors (Lipinski definition) is 2. The Morgan fingerprint density at radius 2 is 2.27 bits per heavy atom. The summed E-state index contributed by atoms with van der Waals surface area (Å²) in [6.07, 6.45) is 2.35. The van der Waals surface area contributed by atoms with Gasteiger partial charge in [-0.3, -0.25) is 0 Å². The maximum absolute atomic E-state index is 13.0. The predicted octanol–water partition coefficient (Wildman–Crippen LogP) is 1.97. The Kier molecular flexibility index (Phi) is 1.79. The number of hydrogen-bond donors (Lipinski definition) is 1. The molecule has 1 aliphatic rings. The van der Waals surface area contributed by atoms with Crippen LogP contribution in [-0.2, 0) is 6.54 Å². The maximum atomic E-state index is 13.0. The second-order valence-corrected chi connectivity index (χ2v) is 3.97. The summed E-state index contributed by atoms with van der Waals surface area (Å²) in [4.78, 5) is 4.35. The largest absolute Gasteiger partial charge is 0.324 e. The SMILES string of the molecule is NCc1nc2cc(F)ccc2n1C1CC1. The molecule has 1 aliphatic carbocycles. The first kappa shape index (κ1) is 8.85. The van der Waals surface area contributed by atoms with Crippen LogP contribution >= 0.6 is 0 Å². The van der Waals surface area contributed by atoms with E-state index < -0.39 is 0 Å². The van der Waals surface area contributed by atoms with E-state index in [-0.39, 0.29) is 5.82 Å². The molecule has 0 atom stereocenters. The molecular weight excluding hydrogens is 193 g/mol. The van der Waals surface area contributed by atoms with Crippen molar-refractivity contribution in [2.75, 3.05) is 0 Å². The topological polar surface area (TPSA) is 43.8 Å². The molecule has 1 fully saturated rings. The van der Waals surface area contributed by atoms with E-state index in [0.717, 1.165) is 11.3 Å². The van der Waals surface area contributed by atoms with Crippen LogP contribution in [0.4, 0.5) is 4.39 Å². The third-order valence-corrected chi connectivity index (χ3v) is 2.82. The minimum atomic E-state index is -0.244. The van der Waals surface area contributed by atoms with Crippen molar-refractivity contribution >= 4 is 11.0 Å². The van der Waals surface area contributed by atoms with Gasteiger partial charge in [0.1, 0.15) is 11.6 Å². The van der Waals surface area contributed by atoms with Crippen molar-refractivity contribution in [3.05, 3.63) is 29.8 Å². The van der Waals surface area contributed by atoms with Crippen molar-refractivity contribution in [2.45, 2.75) is 25.4 Å². The van der Waals surface area contributed by atoms with Crippen molar-refractivity contribution in [1.82, 2.24) is 9.55 Å². The van der Waals surface area contributed by atoms with Crippen LogP contribution < -0.4 is 5.73 Å². The van der Waals surface area contributed by atoms with Gasteiger partial charge in [-0.15, -0.1) is 0 Å². The highest BCUT2D eigenvalue weighted by molar-refractivity contribution is 5.76. The molecule has 2 N–H and O–H groups in total. The fourth-order valence-electron chi connectivity index (χ4n) is 2.01. The van der Waals surface area contributed by atoms with Gasteiger partial charge in [-0.05, 0) is 25.0 Å². The lowest BCUT2D eigenvalue weighted by atomic mass is 10.3. The smallest absolute Gasteiger partial charge is 0.125 e. The summed E-state index contributed by atoms with van der Waals surface area (Å²) in [5, 5.41) is 0. The van der Waals surface area contributed by atoms with E-state index in [2.05, 4.69) is 9.55 Å². The molecule has 0 aliphatic heterocycles. The summed E-state index contributed by atoms with van der Waals surface area (Å²) in [6.45, 7) is 0.410. The van der Waals surface area contributed by atoms with Gasteiger partial charge in [0.15, 0.2) is 0 Å². The third-order valence-electron chi connectivity index (χ3n) is 2.82. The van der Waals surface area contributed by atoms with E-state index in [1.54, 1.807) is 6.07 Å². The molecule has 4 heteroatoms. The first-order valence-corrected chi connectivity index (χ1v) is 5.16. The lowest BCUT2D eigenvalue weighted by Gasteiger charge is -2.04. The minimum Gasteiger partial charge on any atom is -0.324 e. The number of nitrogens with zero attached hydrogens (tertiary/aromatic N) is 2. The quantitative estimate of drug-likeness (QED) is 0.814. The number of rotatable bonds is 2. The first-order chi connectivity index (χ1) is 7.29. The highest BCUT2D eigenvalue weighted by Gasteiger charge is 2.27. The standard InChI is InChI=1S/C11H12FN3/c12-7-1-4-10-9(5-7)14-11(6-13)15(10)8-2-3-8/h1,4-5,8H,2-3,6,13H2. The molecule has 2 aromatic rings. The molecule has 1 heterocycles. The molecule has 1 saturated carbocycles. The normalized spacial score (nSPS) is 16.1. The Labute approximate surface area is 86.7 Å². The second-order valence-electron chi connectivity index (χ2n) is 3.97. The number of halogens is 1. The van der Waals surface area contributed by atoms with E-state index in [9.17, 15) is 4.39 Å². The number of aromatic nitrogens is 2. The van der Waals surface area contributed by atoms with Crippen molar-refractivity contribution in [3.63, 3.8) is 0 Å². The molecule has 0 bridgehead atoms. The van der Waals surface area contributed by atoms with Crippen LogP contribution in [0.3, 0.4) is 0 Å². The maximum Gasteiger partial charge on any atom is 0.125 e. The monoisotopic (exact) mass is 205 g/mol. The number of fused-ring (bicyclic) bond motifs is 1. The molecule has 1 aromatic carbocycles. The van der Waals surface area contributed by atoms with Crippen molar-refractivity contribution in [1.29, 1.82) is 0 Å². The van der Waals surface area contributed by atoms with Gasteiger partial charge in [-0.2, -0.15) is 0 Å². The molecule has 0 saturated heterocycles. The van der Waals surface area contributed by atoms with Crippen molar-refractivity contribution in [2.24, 2.45) is 5.73 Å². The lowest BCUT2D eigenvalue weighted by molar-refractivity contribution is 0.629. The average Bonchev–Trinajstić information content (AvgIpc) is 2.99. The van der Waals surface area contributed by atoms with Crippen molar-refractivity contribution in [3.8, 4) is 0 Å². The van der Waals surface area contributed by atoms with Crippen LogP contribution in [0.1, 0.15) is 24.7 Å². The zero-order valence-corrected chi connectivity index (χ0v) is 8.28. The van der Waals surface area contributed by atoms with Gasteiger partial charge < -0.3 is 10.3 Å². The number of nitrogens with two attached hydrogens (primary N) is 1. The van der Waals surface area contributed by atoms with Crippen LogP contribution in [0, 0.1) is 5.82 Å². The molecular formula is C11H12FN3. The summed E-state index contributed by atoms with van der Waals surface area (Å²) < 4.78 is 15.2. The lowest BCUT2D eigenvalue weighted by Crippen LogP contribution is -2.06. The van der Waals surface area contributed by atoms with E-state index in [1.807, 2.05) is 0 Å². The van der Waals surface area contributed by atoms with Crippen LogP contribution in [0.15, 0.2) is 18.2 Å². The zero-order chi connectivity index (χ0) is 10.4. The summed E-state index contributed by atoms with van der Waals surface area (Å²) in [6, 6.07) is 5.25. The second kappa shape index (κ2) is 3.03. The van der Waals surface area contributed by atoms with Gasteiger partial charge >= 0.3 is 0 Å². The van der Waals surface area contributed by atoms with Gasteiger partial charge in [0.2, 0.25) is 0 Å². The predicted molar refractivity (Wildman–Crippen MR) is 55.9 cm³/mol. The Hall–Kier alpha value is -1.42. The molecule has 1 aromatic heterocycles. The molecule has 15 heavy (non-hydrogen) atoms. The van der Waals surface area contributed by atoms with Gasteiger partial charge in [-0.25, -0.2) is 9.37 Å². The molecule has 78 valence electrons. The Bertz CT molecular complexity index is 514. The first-order valence-electron chi connectivity index (χ1n) is 5.16. The van der Waals surface area contributed by atoms with Crippen LogP contribution in [0.2, 0.25) is 0 Å². The molecule has 0 unspecified atom stereocenters. The molecule has 0 spiro atoms. The van der Waals surface area contributed by atoms with E-state index in [4.69, 9.17) is 5.73 Å². The molecule has 3 nitrogen and oxygen atoms in total. The minimum absolute atomic E-state index is 0.244. The number of benzene rings is 1. The molecule has 0 radical (unpaired) electrons. The fraction of sp³-hybridized carbons (Fsp3) is 0.364. The molecule has 0 amide bonds. The Balaban J connectivity index is 2.28. The van der Waals surface area contributed by atoms with Crippen LogP contribution in [0.5, 0.6) is 0 Å².